The maximum atomic E-state index is 13.9. The molecule has 0 amide bonds. The van der Waals surface area contributed by atoms with Crippen LogP contribution < -0.4 is 0 Å². The maximum absolute atomic E-state index is 13.9. The van der Waals surface area contributed by atoms with Gasteiger partial charge in [0.1, 0.15) is 11.6 Å². The van der Waals surface area contributed by atoms with Crippen LogP contribution in [0.15, 0.2) is 47.4 Å². The fraction of sp³-hybridized carbons (Fsp3) is 0.429. The zero-order chi connectivity index (χ0) is 18.7. The predicted octanol–water partition coefficient (Wildman–Crippen LogP) is 5.62. The first-order chi connectivity index (χ1) is 12.4. The first-order valence-corrected chi connectivity index (χ1v) is 10.8. The first kappa shape index (κ1) is 19.0. The van der Waals surface area contributed by atoms with Crippen molar-refractivity contribution in [2.75, 3.05) is 5.75 Å². The molecule has 2 aromatic rings. The lowest BCUT2D eigenvalue weighted by Crippen LogP contribution is -2.22. The Balaban J connectivity index is 1.73. The molecule has 0 heterocycles. The molecule has 1 aliphatic rings. The highest BCUT2D eigenvalue weighted by atomic mass is 32.2. The molecule has 0 atom stereocenters. The number of benzene rings is 2. The zero-order valence-electron chi connectivity index (χ0n) is 14.9. The van der Waals surface area contributed by atoms with E-state index in [0.717, 1.165) is 37.7 Å². The molecule has 1 aliphatic carbocycles. The molecule has 0 bridgehead atoms. The minimum absolute atomic E-state index is 0.174. The van der Waals surface area contributed by atoms with Gasteiger partial charge in [0.25, 0.3) is 0 Å². The van der Waals surface area contributed by atoms with Gasteiger partial charge >= 0.3 is 0 Å². The SMILES string of the molecule is CCC1CCC(CS(=O)(=O)c2ccc(-c3ccc(F)cc3F)cc2)CC1. The predicted molar refractivity (Wildman–Crippen MR) is 99.6 cm³/mol. The van der Waals surface area contributed by atoms with E-state index >= 15 is 0 Å². The summed E-state index contributed by atoms with van der Waals surface area (Å²) in [7, 11) is -3.35. The number of rotatable bonds is 5. The number of sulfone groups is 1. The summed E-state index contributed by atoms with van der Waals surface area (Å²) < 4.78 is 52.3. The first-order valence-electron chi connectivity index (χ1n) is 9.17. The van der Waals surface area contributed by atoms with Crippen LogP contribution in [0.2, 0.25) is 0 Å². The molecule has 0 unspecified atom stereocenters. The summed E-state index contributed by atoms with van der Waals surface area (Å²) >= 11 is 0. The Hall–Kier alpha value is -1.75. The van der Waals surface area contributed by atoms with Crippen molar-refractivity contribution in [3.05, 3.63) is 54.1 Å². The molecule has 3 rings (SSSR count). The summed E-state index contributed by atoms with van der Waals surface area (Å²) in [6.07, 6.45) is 5.33. The second kappa shape index (κ2) is 7.87. The normalized spacial score (nSPS) is 20.9. The van der Waals surface area contributed by atoms with Gasteiger partial charge in [-0.3, -0.25) is 0 Å². The van der Waals surface area contributed by atoms with Crippen LogP contribution in [-0.4, -0.2) is 14.2 Å². The fourth-order valence-corrected chi connectivity index (χ4v) is 5.48. The van der Waals surface area contributed by atoms with Crippen LogP contribution in [0.3, 0.4) is 0 Å². The summed E-state index contributed by atoms with van der Waals surface area (Å²) in [5, 5.41) is 0. The average Bonchev–Trinajstić information content (AvgIpc) is 2.62. The second-order valence-corrected chi connectivity index (χ2v) is 9.26. The smallest absolute Gasteiger partial charge is 0.178 e. The van der Waals surface area contributed by atoms with Crippen molar-refractivity contribution >= 4 is 9.84 Å². The van der Waals surface area contributed by atoms with Gasteiger partial charge in [-0.15, -0.1) is 0 Å². The Morgan fingerprint density at radius 1 is 0.923 bits per heavy atom. The van der Waals surface area contributed by atoms with Gasteiger partial charge in [-0.25, -0.2) is 17.2 Å². The highest BCUT2D eigenvalue weighted by molar-refractivity contribution is 7.91. The maximum Gasteiger partial charge on any atom is 0.178 e. The lowest BCUT2D eigenvalue weighted by molar-refractivity contribution is 0.285. The van der Waals surface area contributed by atoms with Crippen LogP contribution in [0.4, 0.5) is 8.78 Å². The number of hydrogen-bond donors (Lipinski definition) is 0. The van der Waals surface area contributed by atoms with Crippen molar-refractivity contribution < 1.29 is 17.2 Å². The molecule has 0 aromatic heterocycles. The Bertz CT molecular complexity index is 852. The van der Waals surface area contributed by atoms with E-state index < -0.39 is 21.5 Å². The molecule has 0 saturated heterocycles. The third-order valence-electron chi connectivity index (χ3n) is 5.45. The van der Waals surface area contributed by atoms with E-state index in [0.29, 0.717) is 5.56 Å². The van der Waals surface area contributed by atoms with E-state index in [1.165, 1.54) is 30.7 Å². The summed E-state index contributed by atoms with van der Waals surface area (Å²) in [6, 6.07) is 9.58. The van der Waals surface area contributed by atoms with Crippen molar-refractivity contribution in [2.24, 2.45) is 11.8 Å². The third kappa shape index (κ3) is 4.32. The lowest BCUT2D eigenvalue weighted by atomic mass is 9.82. The molecule has 1 fully saturated rings. The van der Waals surface area contributed by atoms with Crippen LogP contribution in [0, 0.1) is 23.5 Å². The molecule has 1 saturated carbocycles. The van der Waals surface area contributed by atoms with Crippen molar-refractivity contribution in [3.63, 3.8) is 0 Å². The van der Waals surface area contributed by atoms with Crippen LogP contribution in [0.5, 0.6) is 0 Å². The number of hydrogen-bond acceptors (Lipinski definition) is 2. The van der Waals surface area contributed by atoms with Crippen LogP contribution in [0.1, 0.15) is 39.0 Å². The average molecular weight is 378 g/mol. The minimum Gasteiger partial charge on any atom is -0.224 e. The Morgan fingerprint density at radius 3 is 2.12 bits per heavy atom. The second-order valence-electron chi connectivity index (χ2n) is 7.22. The number of halogens is 2. The van der Waals surface area contributed by atoms with Gasteiger partial charge in [0.2, 0.25) is 0 Å². The van der Waals surface area contributed by atoms with E-state index in [9.17, 15) is 17.2 Å². The van der Waals surface area contributed by atoms with Crippen molar-refractivity contribution in [1.82, 2.24) is 0 Å². The summed E-state index contributed by atoms with van der Waals surface area (Å²) in [5.74, 6) is -0.166. The molecule has 0 radical (unpaired) electrons. The van der Waals surface area contributed by atoms with Gasteiger partial charge in [-0.1, -0.05) is 38.3 Å². The molecule has 0 aliphatic heterocycles. The quantitative estimate of drug-likeness (QED) is 0.676. The fourth-order valence-electron chi connectivity index (χ4n) is 3.78. The van der Waals surface area contributed by atoms with Crippen molar-refractivity contribution in [2.45, 2.75) is 43.9 Å². The van der Waals surface area contributed by atoms with E-state index in [1.54, 1.807) is 12.1 Å². The molecule has 140 valence electrons. The molecule has 2 aromatic carbocycles. The van der Waals surface area contributed by atoms with Gasteiger partial charge in [0.15, 0.2) is 9.84 Å². The minimum atomic E-state index is -3.35. The zero-order valence-corrected chi connectivity index (χ0v) is 15.7. The molecule has 0 N–H and O–H groups in total. The van der Waals surface area contributed by atoms with E-state index in [2.05, 4.69) is 6.92 Å². The van der Waals surface area contributed by atoms with Gasteiger partial charge in [-0.05, 0) is 54.5 Å². The van der Waals surface area contributed by atoms with Gasteiger partial charge in [-0.2, -0.15) is 0 Å². The molecule has 5 heteroatoms. The Morgan fingerprint density at radius 2 is 1.54 bits per heavy atom. The molecular weight excluding hydrogens is 354 g/mol. The third-order valence-corrected chi connectivity index (χ3v) is 7.36. The van der Waals surface area contributed by atoms with E-state index in [1.807, 2.05) is 0 Å². The van der Waals surface area contributed by atoms with Gasteiger partial charge in [0, 0.05) is 11.6 Å². The molecule has 2 nitrogen and oxygen atoms in total. The molecule has 26 heavy (non-hydrogen) atoms. The lowest BCUT2D eigenvalue weighted by Gasteiger charge is -2.27. The summed E-state index contributed by atoms with van der Waals surface area (Å²) in [4.78, 5) is 0.265. The largest absolute Gasteiger partial charge is 0.224 e. The van der Waals surface area contributed by atoms with E-state index in [-0.39, 0.29) is 22.1 Å². The summed E-state index contributed by atoms with van der Waals surface area (Å²) in [6.45, 7) is 2.19. The van der Waals surface area contributed by atoms with Crippen LogP contribution in [0.25, 0.3) is 11.1 Å². The summed E-state index contributed by atoms with van der Waals surface area (Å²) in [5.41, 5.74) is 0.790. The molecule has 0 spiro atoms. The standard InChI is InChI=1S/C21H24F2O2S/c1-2-15-3-5-16(6-4-15)14-26(24,25)19-10-7-17(8-11-19)20-12-9-18(22)13-21(20)23/h7-13,15-16H,2-6,14H2,1H3. The highest BCUT2D eigenvalue weighted by Crippen LogP contribution is 2.33. The van der Waals surface area contributed by atoms with E-state index in [4.69, 9.17) is 0 Å². The van der Waals surface area contributed by atoms with Gasteiger partial charge < -0.3 is 0 Å². The van der Waals surface area contributed by atoms with Crippen molar-refractivity contribution in [1.29, 1.82) is 0 Å². The van der Waals surface area contributed by atoms with Gasteiger partial charge in [0.05, 0.1) is 10.6 Å². The molecular formula is C21H24F2O2S. The Labute approximate surface area is 154 Å². The Kier molecular flexibility index (Phi) is 5.76. The monoisotopic (exact) mass is 378 g/mol. The van der Waals surface area contributed by atoms with Crippen molar-refractivity contribution in [3.8, 4) is 11.1 Å². The van der Waals surface area contributed by atoms with Crippen LogP contribution >= 0.6 is 0 Å². The van der Waals surface area contributed by atoms with Crippen LogP contribution in [-0.2, 0) is 9.84 Å². The topological polar surface area (TPSA) is 34.1 Å². The highest BCUT2D eigenvalue weighted by Gasteiger charge is 2.26.